The van der Waals surface area contributed by atoms with E-state index in [1.54, 1.807) is 12.4 Å². The summed E-state index contributed by atoms with van der Waals surface area (Å²) in [5, 5.41) is 14.0. The molecule has 106 valence electrons. The van der Waals surface area contributed by atoms with Crippen LogP contribution in [-0.2, 0) is 5.54 Å². The van der Waals surface area contributed by atoms with Crippen LogP contribution in [0.15, 0.2) is 18.5 Å². The Morgan fingerprint density at radius 2 is 2.20 bits per heavy atom. The zero-order valence-corrected chi connectivity index (χ0v) is 12.0. The molecule has 0 unspecified atom stereocenters. The second kappa shape index (κ2) is 4.47. The molecule has 1 aliphatic carbocycles. The number of nitrogens with one attached hydrogen (secondary N) is 2. The molecule has 0 atom stereocenters. The van der Waals surface area contributed by atoms with E-state index in [0.717, 1.165) is 5.69 Å². The van der Waals surface area contributed by atoms with Gasteiger partial charge in [0, 0.05) is 12.1 Å². The van der Waals surface area contributed by atoms with Crippen LogP contribution in [0.25, 0.3) is 0 Å². The molecule has 6 heteroatoms. The molecule has 0 saturated heterocycles. The summed E-state index contributed by atoms with van der Waals surface area (Å²) in [7, 11) is 0. The van der Waals surface area contributed by atoms with Crippen LogP contribution < -0.4 is 5.32 Å². The van der Waals surface area contributed by atoms with E-state index in [1.165, 1.54) is 12.8 Å². The standard InChI is InChI=1S/C14H19N5O/c1-14(2,3)19-12(6-11(18-19)9-4-5-9)13(20)17-10-7-15-16-8-10/h6-9H,4-5H2,1-3H3,(H,15,16)(H,17,20). The fourth-order valence-electron chi connectivity index (χ4n) is 2.17. The van der Waals surface area contributed by atoms with E-state index in [1.807, 2.05) is 31.5 Å². The Balaban J connectivity index is 1.92. The number of hydrogen-bond acceptors (Lipinski definition) is 3. The van der Waals surface area contributed by atoms with Crippen molar-refractivity contribution < 1.29 is 4.79 Å². The Labute approximate surface area is 117 Å². The summed E-state index contributed by atoms with van der Waals surface area (Å²) >= 11 is 0. The van der Waals surface area contributed by atoms with Gasteiger partial charge in [0.25, 0.3) is 5.91 Å². The van der Waals surface area contributed by atoms with Gasteiger partial charge in [-0.3, -0.25) is 14.6 Å². The van der Waals surface area contributed by atoms with Crippen LogP contribution >= 0.6 is 0 Å². The SMILES string of the molecule is CC(C)(C)n1nc(C2CC2)cc1C(=O)Nc1cn[nH]c1. The van der Waals surface area contributed by atoms with Gasteiger partial charge in [0.1, 0.15) is 5.69 Å². The first-order valence-electron chi connectivity index (χ1n) is 6.86. The van der Waals surface area contributed by atoms with Gasteiger partial charge in [-0.2, -0.15) is 10.2 Å². The van der Waals surface area contributed by atoms with Crippen molar-refractivity contribution in [2.45, 2.75) is 45.1 Å². The van der Waals surface area contributed by atoms with Crippen LogP contribution in [0.2, 0.25) is 0 Å². The molecule has 2 N–H and O–H groups in total. The van der Waals surface area contributed by atoms with Crippen LogP contribution in [0.5, 0.6) is 0 Å². The van der Waals surface area contributed by atoms with Crippen molar-refractivity contribution >= 4 is 11.6 Å². The van der Waals surface area contributed by atoms with Crippen LogP contribution in [0.3, 0.4) is 0 Å². The maximum absolute atomic E-state index is 12.4. The van der Waals surface area contributed by atoms with E-state index in [9.17, 15) is 4.79 Å². The number of aromatic nitrogens is 4. The Kier molecular flexibility index (Phi) is 2.88. The molecule has 0 spiro atoms. The van der Waals surface area contributed by atoms with Gasteiger partial charge in [-0.15, -0.1) is 0 Å². The smallest absolute Gasteiger partial charge is 0.274 e. The molecule has 1 saturated carbocycles. The largest absolute Gasteiger partial charge is 0.318 e. The fourth-order valence-corrected chi connectivity index (χ4v) is 2.17. The predicted molar refractivity (Wildman–Crippen MR) is 75.7 cm³/mol. The highest BCUT2D eigenvalue weighted by molar-refractivity contribution is 6.03. The third-order valence-corrected chi connectivity index (χ3v) is 3.35. The van der Waals surface area contributed by atoms with Crippen LogP contribution in [0.1, 0.15) is 55.7 Å². The summed E-state index contributed by atoms with van der Waals surface area (Å²) in [5.41, 5.74) is 2.05. The zero-order valence-electron chi connectivity index (χ0n) is 12.0. The Morgan fingerprint density at radius 3 is 2.75 bits per heavy atom. The average Bonchev–Trinajstić information content (AvgIpc) is 2.91. The highest BCUT2D eigenvalue weighted by Crippen LogP contribution is 2.40. The lowest BCUT2D eigenvalue weighted by molar-refractivity contribution is 0.100. The number of amides is 1. The normalized spacial score (nSPS) is 15.3. The van der Waals surface area contributed by atoms with Crippen molar-refractivity contribution in [1.29, 1.82) is 0 Å². The van der Waals surface area contributed by atoms with Gasteiger partial charge >= 0.3 is 0 Å². The lowest BCUT2D eigenvalue weighted by Crippen LogP contribution is -2.29. The van der Waals surface area contributed by atoms with Crippen molar-refractivity contribution in [3.05, 3.63) is 29.8 Å². The number of carbonyl (C=O) groups is 1. The maximum Gasteiger partial charge on any atom is 0.274 e. The van der Waals surface area contributed by atoms with Gasteiger partial charge in [0.15, 0.2) is 0 Å². The van der Waals surface area contributed by atoms with E-state index in [2.05, 4.69) is 20.6 Å². The Morgan fingerprint density at radius 1 is 1.45 bits per heavy atom. The summed E-state index contributed by atoms with van der Waals surface area (Å²) < 4.78 is 1.82. The minimum absolute atomic E-state index is 0.152. The predicted octanol–water partition coefficient (Wildman–Crippen LogP) is 2.49. The summed E-state index contributed by atoms with van der Waals surface area (Å²) in [6.07, 6.45) is 5.57. The first-order chi connectivity index (χ1) is 9.45. The van der Waals surface area contributed by atoms with E-state index in [0.29, 0.717) is 17.3 Å². The highest BCUT2D eigenvalue weighted by Gasteiger charge is 2.31. The van der Waals surface area contributed by atoms with Crippen LogP contribution in [0, 0.1) is 0 Å². The van der Waals surface area contributed by atoms with E-state index < -0.39 is 0 Å². The van der Waals surface area contributed by atoms with Crippen molar-refractivity contribution in [1.82, 2.24) is 20.0 Å². The van der Waals surface area contributed by atoms with E-state index in [-0.39, 0.29) is 11.4 Å². The molecule has 0 aromatic carbocycles. The number of anilines is 1. The van der Waals surface area contributed by atoms with Gasteiger partial charge < -0.3 is 5.32 Å². The quantitative estimate of drug-likeness (QED) is 0.902. The number of rotatable bonds is 3. The third-order valence-electron chi connectivity index (χ3n) is 3.35. The maximum atomic E-state index is 12.4. The summed E-state index contributed by atoms with van der Waals surface area (Å²) in [6.45, 7) is 6.14. The van der Waals surface area contributed by atoms with Gasteiger partial charge in [0.05, 0.1) is 23.1 Å². The van der Waals surface area contributed by atoms with Crippen molar-refractivity contribution in [3.8, 4) is 0 Å². The van der Waals surface area contributed by atoms with Gasteiger partial charge in [0.2, 0.25) is 0 Å². The Hall–Kier alpha value is -2.11. The molecule has 1 amide bonds. The molecule has 1 aliphatic rings. The lowest BCUT2D eigenvalue weighted by atomic mass is 10.1. The topological polar surface area (TPSA) is 75.6 Å². The molecule has 3 rings (SSSR count). The van der Waals surface area contributed by atoms with Gasteiger partial charge in [-0.25, -0.2) is 0 Å². The fraction of sp³-hybridized carbons (Fsp3) is 0.500. The molecule has 0 aliphatic heterocycles. The molecule has 2 aromatic heterocycles. The van der Waals surface area contributed by atoms with Crippen LogP contribution in [-0.4, -0.2) is 25.9 Å². The summed E-state index contributed by atoms with van der Waals surface area (Å²) in [5.74, 6) is 0.375. The number of nitrogens with zero attached hydrogens (tertiary/aromatic N) is 3. The average molecular weight is 273 g/mol. The van der Waals surface area contributed by atoms with Crippen molar-refractivity contribution in [2.75, 3.05) is 5.32 Å². The number of hydrogen-bond donors (Lipinski definition) is 2. The van der Waals surface area contributed by atoms with Gasteiger partial charge in [-0.05, 0) is 39.7 Å². The molecule has 2 heterocycles. The van der Waals surface area contributed by atoms with Crippen LogP contribution in [0.4, 0.5) is 5.69 Å². The third kappa shape index (κ3) is 2.45. The number of H-pyrrole nitrogens is 1. The molecule has 1 fully saturated rings. The number of carbonyl (C=O) groups excluding carboxylic acids is 1. The first-order valence-corrected chi connectivity index (χ1v) is 6.86. The first kappa shape index (κ1) is 12.9. The molecular formula is C14H19N5O. The highest BCUT2D eigenvalue weighted by atomic mass is 16.2. The monoisotopic (exact) mass is 273 g/mol. The van der Waals surface area contributed by atoms with Crippen molar-refractivity contribution in [2.24, 2.45) is 0 Å². The molecule has 20 heavy (non-hydrogen) atoms. The summed E-state index contributed by atoms with van der Waals surface area (Å²) in [6, 6.07) is 1.92. The second-order valence-electron chi connectivity index (χ2n) is 6.25. The Bertz CT molecular complexity index is 617. The van der Waals surface area contributed by atoms with E-state index >= 15 is 0 Å². The second-order valence-corrected chi connectivity index (χ2v) is 6.25. The van der Waals surface area contributed by atoms with Gasteiger partial charge in [-0.1, -0.05) is 0 Å². The molecule has 0 bridgehead atoms. The minimum Gasteiger partial charge on any atom is -0.318 e. The minimum atomic E-state index is -0.226. The lowest BCUT2D eigenvalue weighted by Gasteiger charge is -2.21. The molecule has 0 radical (unpaired) electrons. The summed E-state index contributed by atoms with van der Waals surface area (Å²) in [4.78, 5) is 12.4. The zero-order chi connectivity index (χ0) is 14.3. The van der Waals surface area contributed by atoms with E-state index in [4.69, 9.17) is 0 Å². The molecule has 2 aromatic rings. The number of aromatic amines is 1. The van der Waals surface area contributed by atoms with Crippen molar-refractivity contribution in [3.63, 3.8) is 0 Å². The molecular weight excluding hydrogens is 254 g/mol. The molecule has 6 nitrogen and oxygen atoms in total.